The zero-order valence-corrected chi connectivity index (χ0v) is 23.5. The van der Waals surface area contributed by atoms with Gasteiger partial charge in [0.15, 0.2) is 11.5 Å². The van der Waals surface area contributed by atoms with Gasteiger partial charge in [0.2, 0.25) is 0 Å². The first-order valence-corrected chi connectivity index (χ1v) is 13.4. The van der Waals surface area contributed by atoms with Gasteiger partial charge >= 0.3 is 0 Å². The molecule has 0 N–H and O–H groups in total. The van der Waals surface area contributed by atoms with Crippen molar-refractivity contribution in [2.24, 2.45) is 5.10 Å². The summed E-state index contributed by atoms with van der Waals surface area (Å²) in [5.41, 5.74) is 2.46. The molecule has 3 aromatic carbocycles. The Morgan fingerprint density at radius 2 is 1.92 bits per heavy atom. The van der Waals surface area contributed by atoms with Crippen molar-refractivity contribution < 1.29 is 9.47 Å². The van der Waals surface area contributed by atoms with Gasteiger partial charge in [-0.2, -0.15) is 15.0 Å². The third-order valence-corrected chi connectivity index (χ3v) is 6.60. The highest BCUT2D eigenvalue weighted by molar-refractivity contribution is 9.10. The van der Waals surface area contributed by atoms with Gasteiger partial charge < -0.3 is 9.47 Å². The van der Waals surface area contributed by atoms with Crippen molar-refractivity contribution in [3.8, 4) is 17.6 Å². The molecule has 188 valence electrons. The number of halogens is 2. The fourth-order valence-electron chi connectivity index (χ4n) is 3.79. The van der Waals surface area contributed by atoms with Gasteiger partial charge in [-0.25, -0.2) is 4.98 Å². The summed E-state index contributed by atoms with van der Waals surface area (Å²) in [7, 11) is 0. The number of hydrogen-bond acceptors (Lipinski definition) is 6. The van der Waals surface area contributed by atoms with Gasteiger partial charge in [-0.3, -0.25) is 4.79 Å². The van der Waals surface area contributed by atoms with E-state index in [1.54, 1.807) is 24.4 Å². The quantitative estimate of drug-likeness (QED) is 0.196. The molecule has 1 heterocycles. The van der Waals surface area contributed by atoms with Gasteiger partial charge in [-0.05, 0) is 71.2 Å². The van der Waals surface area contributed by atoms with Crippen molar-refractivity contribution in [2.75, 3.05) is 6.61 Å². The third kappa shape index (κ3) is 6.09. The Kier molecular flexibility index (Phi) is 8.74. The Hall–Kier alpha value is -3.48. The molecule has 0 aliphatic carbocycles. The number of aromatic nitrogens is 2. The smallest absolute Gasteiger partial charge is 0.282 e. The van der Waals surface area contributed by atoms with Crippen molar-refractivity contribution in [1.82, 2.24) is 9.66 Å². The van der Waals surface area contributed by atoms with Crippen LogP contribution in [0.15, 0.2) is 73.4 Å². The maximum atomic E-state index is 13.3. The van der Waals surface area contributed by atoms with Crippen LogP contribution in [-0.4, -0.2) is 22.5 Å². The number of nitriles is 1. The second-order valence-corrected chi connectivity index (χ2v) is 9.89. The first-order chi connectivity index (χ1) is 17.9. The topological polar surface area (TPSA) is 89.5 Å². The summed E-state index contributed by atoms with van der Waals surface area (Å²) in [4.78, 5) is 17.9. The molecular weight excluding hydrogens is 600 g/mol. The Morgan fingerprint density at radius 3 is 2.68 bits per heavy atom. The summed E-state index contributed by atoms with van der Waals surface area (Å²) >= 11 is 7.01. The minimum absolute atomic E-state index is 0.212. The van der Waals surface area contributed by atoms with E-state index in [2.05, 4.69) is 48.0 Å². The number of ether oxygens (including phenoxy) is 2. The second-order valence-electron chi connectivity index (χ2n) is 8.12. The van der Waals surface area contributed by atoms with Gasteiger partial charge in [0.1, 0.15) is 12.4 Å². The lowest BCUT2D eigenvalue weighted by Crippen LogP contribution is -2.22. The molecule has 37 heavy (non-hydrogen) atoms. The summed E-state index contributed by atoms with van der Waals surface area (Å²) < 4.78 is 14.7. The highest BCUT2D eigenvalue weighted by atomic mass is 79.9. The molecule has 7 nitrogen and oxygen atoms in total. The molecule has 0 spiro atoms. The Balaban J connectivity index is 1.69. The lowest BCUT2D eigenvalue weighted by atomic mass is 10.1. The van der Waals surface area contributed by atoms with E-state index >= 15 is 0 Å². The minimum Gasteiger partial charge on any atom is -0.490 e. The molecular formula is C28H24Br2N4O3. The van der Waals surface area contributed by atoms with Crippen LogP contribution in [0.1, 0.15) is 42.8 Å². The number of hydrogen-bond donors (Lipinski definition) is 0. The van der Waals surface area contributed by atoms with E-state index in [-0.39, 0.29) is 12.2 Å². The number of benzene rings is 3. The Labute approximate surface area is 231 Å². The van der Waals surface area contributed by atoms with Crippen LogP contribution in [0.25, 0.3) is 10.9 Å². The fourth-order valence-corrected chi connectivity index (χ4v) is 4.73. The SMILES string of the molecule is CCCc1nc2ccc(Br)cc2c(=O)n1N=Cc1cc(Br)c(OCc2ccccc2C#N)c(OCC)c1. The van der Waals surface area contributed by atoms with E-state index in [1.165, 1.54) is 4.68 Å². The number of nitrogens with zero attached hydrogens (tertiary/aromatic N) is 4. The molecule has 0 amide bonds. The molecule has 0 aliphatic heterocycles. The van der Waals surface area contributed by atoms with Crippen molar-refractivity contribution in [2.45, 2.75) is 33.3 Å². The summed E-state index contributed by atoms with van der Waals surface area (Å²) in [6, 6.07) is 18.6. The largest absolute Gasteiger partial charge is 0.490 e. The summed E-state index contributed by atoms with van der Waals surface area (Å²) in [5, 5.41) is 14.4. The summed E-state index contributed by atoms with van der Waals surface area (Å²) in [6.45, 7) is 4.57. The first kappa shape index (κ1) is 26.6. The molecule has 0 radical (unpaired) electrons. The predicted molar refractivity (Wildman–Crippen MR) is 151 cm³/mol. The van der Waals surface area contributed by atoms with E-state index < -0.39 is 0 Å². The Morgan fingerprint density at radius 1 is 1.11 bits per heavy atom. The van der Waals surface area contributed by atoms with E-state index in [0.29, 0.717) is 56.9 Å². The molecule has 0 aliphatic rings. The molecule has 1 aromatic heterocycles. The number of rotatable bonds is 9. The van der Waals surface area contributed by atoms with Crippen LogP contribution in [-0.2, 0) is 13.0 Å². The van der Waals surface area contributed by atoms with Gasteiger partial charge in [-0.15, -0.1) is 0 Å². The summed E-state index contributed by atoms with van der Waals surface area (Å²) in [6.07, 6.45) is 3.04. The minimum atomic E-state index is -0.230. The lowest BCUT2D eigenvalue weighted by Gasteiger charge is -2.15. The van der Waals surface area contributed by atoms with Crippen LogP contribution in [0, 0.1) is 11.3 Å². The molecule has 0 atom stereocenters. The number of aryl methyl sites for hydroxylation is 1. The molecule has 4 aromatic rings. The van der Waals surface area contributed by atoms with E-state index in [0.717, 1.165) is 16.5 Å². The van der Waals surface area contributed by atoms with Crippen molar-refractivity contribution in [1.29, 1.82) is 5.26 Å². The highest BCUT2D eigenvalue weighted by Gasteiger charge is 2.14. The van der Waals surface area contributed by atoms with Crippen molar-refractivity contribution in [3.05, 3.63) is 96.4 Å². The molecule has 0 saturated carbocycles. The average molecular weight is 624 g/mol. The monoisotopic (exact) mass is 622 g/mol. The predicted octanol–water partition coefficient (Wildman–Crippen LogP) is 6.61. The zero-order valence-electron chi connectivity index (χ0n) is 20.4. The van der Waals surface area contributed by atoms with Gasteiger partial charge in [0.05, 0.1) is 39.8 Å². The lowest BCUT2D eigenvalue weighted by molar-refractivity contribution is 0.267. The highest BCUT2D eigenvalue weighted by Crippen LogP contribution is 2.37. The molecule has 0 bridgehead atoms. The summed E-state index contributed by atoms with van der Waals surface area (Å²) in [5.74, 6) is 1.64. The van der Waals surface area contributed by atoms with Crippen LogP contribution in [0.5, 0.6) is 11.5 Å². The number of fused-ring (bicyclic) bond motifs is 1. The maximum absolute atomic E-state index is 13.3. The molecule has 0 unspecified atom stereocenters. The van der Waals surface area contributed by atoms with E-state index in [4.69, 9.17) is 9.47 Å². The zero-order chi connectivity index (χ0) is 26.4. The normalized spacial score (nSPS) is 11.1. The second kappa shape index (κ2) is 12.2. The van der Waals surface area contributed by atoms with Gasteiger partial charge in [0, 0.05) is 16.5 Å². The van der Waals surface area contributed by atoms with Crippen LogP contribution >= 0.6 is 31.9 Å². The van der Waals surface area contributed by atoms with Gasteiger partial charge in [-0.1, -0.05) is 41.1 Å². The van der Waals surface area contributed by atoms with Crippen molar-refractivity contribution in [3.63, 3.8) is 0 Å². The van der Waals surface area contributed by atoms with E-state index in [1.807, 2.05) is 50.2 Å². The fraction of sp³-hybridized carbons (Fsp3) is 0.214. The van der Waals surface area contributed by atoms with Crippen molar-refractivity contribution >= 4 is 49.0 Å². The first-order valence-electron chi connectivity index (χ1n) is 11.8. The van der Waals surface area contributed by atoms with Crippen LogP contribution in [0.2, 0.25) is 0 Å². The third-order valence-electron chi connectivity index (χ3n) is 5.51. The molecule has 9 heteroatoms. The molecule has 4 rings (SSSR count). The maximum Gasteiger partial charge on any atom is 0.282 e. The molecule has 0 saturated heterocycles. The standard InChI is InChI=1S/C28H24Br2N4O3/c1-3-7-26-33-24-11-10-21(29)14-22(24)28(35)34(26)32-16-18-12-23(30)27(25(13-18)36-4-2)37-17-20-9-6-5-8-19(20)15-31/h5-6,8-14,16H,3-4,7,17H2,1-2H3. The Bertz CT molecular complexity index is 1570. The average Bonchev–Trinajstić information content (AvgIpc) is 2.89. The van der Waals surface area contributed by atoms with Crippen LogP contribution < -0.4 is 15.0 Å². The molecule has 0 fully saturated rings. The van der Waals surface area contributed by atoms with Crippen LogP contribution in [0.4, 0.5) is 0 Å². The van der Waals surface area contributed by atoms with E-state index in [9.17, 15) is 10.1 Å². The van der Waals surface area contributed by atoms with Crippen LogP contribution in [0.3, 0.4) is 0 Å². The van der Waals surface area contributed by atoms with Gasteiger partial charge in [0.25, 0.3) is 5.56 Å².